The number of ether oxygens (including phenoxy) is 2. The highest BCUT2D eigenvalue weighted by atomic mass is 19.4. The van der Waals surface area contributed by atoms with Gasteiger partial charge in [0.05, 0.1) is 18.2 Å². The molecule has 0 aliphatic carbocycles. The van der Waals surface area contributed by atoms with Gasteiger partial charge in [-0.15, -0.1) is 13.2 Å². The molecule has 0 amide bonds. The first-order valence-corrected chi connectivity index (χ1v) is 4.46. The molecule has 1 heterocycles. The van der Waals surface area contributed by atoms with Crippen LogP contribution in [0.25, 0.3) is 0 Å². The lowest BCUT2D eigenvalue weighted by Crippen LogP contribution is -2.18. The van der Waals surface area contributed by atoms with Crippen molar-refractivity contribution < 1.29 is 27.6 Å². The molecule has 0 bridgehead atoms. The Bertz CT molecular complexity index is 464. The van der Waals surface area contributed by atoms with Crippen molar-refractivity contribution >= 4 is 5.69 Å². The van der Waals surface area contributed by atoms with Crippen LogP contribution in [0.2, 0.25) is 0 Å². The Balaban J connectivity index is 3.38. The molecule has 1 aromatic rings. The van der Waals surface area contributed by atoms with E-state index >= 15 is 0 Å². The SMILES string of the molecule is COc1c(OC(F)(F)F)cnc(CN)c1[N+](=O)[O-]. The lowest BCUT2D eigenvalue weighted by atomic mass is 10.2. The molecule has 1 rings (SSSR count). The topological polar surface area (TPSA) is 101 Å². The molecular weight excluding hydrogens is 259 g/mol. The summed E-state index contributed by atoms with van der Waals surface area (Å²) in [6.07, 6.45) is -4.34. The molecule has 0 unspecified atom stereocenters. The van der Waals surface area contributed by atoms with E-state index in [1.807, 2.05) is 0 Å². The standard InChI is InChI=1S/C8H8F3N3O4/c1-17-7-5(18-8(9,10)11)3-13-4(2-12)6(7)14(15)16/h3H,2,12H2,1H3. The van der Waals surface area contributed by atoms with Gasteiger partial charge in [0.15, 0.2) is 5.75 Å². The maximum absolute atomic E-state index is 12.1. The summed E-state index contributed by atoms with van der Waals surface area (Å²) in [7, 11) is 0.978. The number of alkyl halides is 3. The maximum Gasteiger partial charge on any atom is 0.573 e. The van der Waals surface area contributed by atoms with E-state index < -0.39 is 28.5 Å². The van der Waals surface area contributed by atoms with E-state index in [0.29, 0.717) is 6.20 Å². The van der Waals surface area contributed by atoms with Crippen LogP contribution in [0.3, 0.4) is 0 Å². The van der Waals surface area contributed by atoms with Gasteiger partial charge in [0.2, 0.25) is 5.75 Å². The van der Waals surface area contributed by atoms with Crippen molar-refractivity contribution in [1.29, 1.82) is 0 Å². The summed E-state index contributed by atoms with van der Waals surface area (Å²) in [5, 5.41) is 10.8. The third-order valence-corrected chi connectivity index (χ3v) is 1.86. The van der Waals surface area contributed by atoms with Crippen LogP contribution in [-0.2, 0) is 6.54 Å². The van der Waals surface area contributed by atoms with Crippen LogP contribution in [0.5, 0.6) is 11.5 Å². The molecule has 2 N–H and O–H groups in total. The van der Waals surface area contributed by atoms with Gasteiger partial charge in [0, 0.05) is 6.54 Å². The normalized spacial score (nSPS) is 11.2. The fraction of sp³-hybridized carbons (Fsp3) is 0.375. The van der Waals surface area contributed by atoms with Gasteiger partial charge in [-0.1, -0.05) is 0 Å². The number of nitro groups is 1. The van der Waals surface area contributed by atoms with E-state index in [-0.39, 0.29) is 12.2 Å². The monoisotopic (exact) mass is 267 g/mol. The number of hydrogen-bond acceptors (Lipinski definition) is 6. The Morgan fingerprint density at radius 1 is 1.56 bits per heavy atom. The molecular formula is C8H8F3N3O4. The molecule has 0 fully saturated rings. The predicted molar refractivity (Wildman–Crippen MR) is 52.0 cm³/mol. The van der Waals surface area contributed by atoms with E-state index in [1.54, 1.807) is 0 Å². The van der Waals surface area contributed by atoms with E-state index in [9.17, 15) is 23.3 Å². The average molecular weight is 267 g/mol. The van der Waals surface area contributed by atoms with Crippen molar-refractivity contribution in [3.63, 3.8) is 0 Å². The van der Waals surface area contributed by atoms with Crippen LogP contribution in [0.15, 0.2) is 6.20 Å². The molecule has 0 radical (unpaired) electrons. The Morgan fingerprint density at radius 3 is 2.56 bits per heavy atom. The second kappa shape index (κ2) is 5.04. The number of rotatable bonds is 4. The molecule has 0 spiro atoms. The van der Waals surface area contributed by atoms with Crippen molar-refractivity contribution in [3.05, 3.63) is 22.0 Å². The first kappa shape index (κ1) is 14.0. The van der Waals surface area contributed by atoms with Crippen LogP contribution < -0.4 is 15.2 Å². The molecule has 18 heavy (non-hydrogen) atoms. The van der Waals surface area contributed by atoms with Crippen molar-refractivity contribution in [1.82, 2.24) is 4.98 Å². The van der Waals surface area contributed by atoms with Gasteiger partial charge in [0.1, 0.15) is 5.69 Å². The minimum atomic E-state index is -5.01. The quantitative estimate of drug-likeness (QED) is 0.652. The minimum Gasteiger partial charge on any atom is -0.487 e. The highest BCUT2D eigenvalue weighted by Crippen LogP contribution is 2.40. The number of hydrogen-bond donors (Lipinski definition) is 1. The summed E-state index contributed by atoms with van der Waals surface area (Å²) in [6.45, 7) is -0.320. The number of halogens is 3. The number of aromatic nitrogens is 1. The molecule has 0 saturated carbocycles. The zero-order chi connectivity index (χ0) is 13.9. The summed E-state index contributed by atoms with van der Waals surface area (Å²) in [5.41, 5.74) is 4.25. The van der Waals surface area contributed by atoms with Crippen LogP contribution in [0, 0.1) is 10.1 Å². The highest BCUT2D eigenvalue weighted by molar-refractivity contribution is 5.57. The summed E-state index contributed by atoms with van der Waals surface area (Å²) in [6, 6.07) is 0. The second-order valence-electron chi connectivity index (χ2n) is 2.96. The molecule has 0 saturated heterocycles. The molecule has 10 heteroatoms. The minimum absolute atomic E-state index is 0.202. The summed E-state index contributed by atoms with van der Waals surface area (Å²) in [5.74, 6) is -1.57. The second-order valence-corrected chi connectivity index (χ2v) is 2.96. The lowest BCUT2D eigenvalue weighted by Gasteiger charge is -2.13. The first-order valence-electron chi connectivity index (χ1n) is 4.46. The van der Waals surface area contributed by atoms with Gasteiger partial charge in [0.25, 0.3) is 0 Å². The van der Waals surface area contributed by atoms with Crippen LogP contribution in [0.1, 0.15) is 5.69 Å². The highest BCUT2D eigenvalue weighted by Gasteiger charge is 2.35. The van der Waals surface area contributed by atoms with Crippen molar-refractivity contribution in [2.45, 2.75) is 12.9 Å². The molecule has 0 atom stereocenters. The summed E-state index contributed by atoms with van der Waals surface area (Å²) in [4.78, 5) is 13.3. The fourth-order valence-corrected chi connectivity index (χ4v) is 1.24. The molecule has 0 aromatic carbocycles. The Labute approximate surface area is 98.5 Å². The number of pyridine rings is 1. The van der Waals surface area contributed by atoms with Gasteiger partial charge in [-0.25, -0.2) is 4.98 Å². The number of nitrogens with zero attached hydrogens (tertiary/aromatic N) is 2. The van der Waals surface area contributed by atoms with Crippen LogP contribution >= 0.6 is 0 Å². The van der Waals surface area contributed by atoms with Crippen molar-refractivity contribution in [2.75, 3.05) is 7.11 Å². The van der Waals surface area contributed by atoms with Gasteiger partial charge in [-0.2, -0.15) is 0 Å². The van der Waals surface area contributed by atoms with Crippen LogP contribution in [0.4, 0.5) is 18.9 Å². The van der Waals surface area contributed by atoms with Crippen molar-refractivity contribution in [2.24, 2.45) is 5.73 Å². The van der Waals surface area contributed by atoms with Crippen molar-refractivity contribution in [3.8, 4) is 11.5 Å². The lowest BCUT2D eigenvalue weighted by molar-refractivity contribution is -0.387. The largest absolute Gasteiger partial charge is 0.573 e. The van der Waals surface area contributed by atoms with E-state index in [2.05, 4.69) is 14.5 Å². The Hall–Kier alpha value is -2.10. The Morgan fingerprint density at radius 2 is 2.17 bits per heavy atom. The summed E-state index contributed by atoms with van der Waals surface area (Å²) >= 11 is 0. The molecule has 1 aromatic heterocycles. The third kappa shape index (κ3) is 2.97. The summed E-state index contributed by atoms with van der Waals surface area (Å²) < 4.78 is 44.4. The molecule has 0 aliphatic rings. The first-order chi connectivity index (χ1) is 8.30. The average Bonchev–Trinajstić information content (AvgIpc) is 2.26. The van der Waals surface area contributed by atoms with Gasteiger partial charge >= 0.3 is 12.0 Å². The van der Waals surface area contributed by atoms with Gasteiger partial charge in [-0.05, 0) is 0 Å². The van der Waals surface area contributed by atoms with Gasteiger partial charge in [-0.3, -0.25) is 10.1 Å². The smallest absolute Gasteiger partial charge is 0.487 e. The van der Waals surface area contributed by atoms with Gasteiger partial charge < -0.3 is 15.2 Å². The zero-order valence-corrected chi connectivity index (χ0v) is 9.02. The Kier molecular flexibility index (Phi) is 3.91. The van der Waals surface area contributed by atoms with E-state index in [0.717, 1.165) is 7.11 Å². The zero-order valence-electron chi connectivity index (χ0n) is 9.02. The van der Waals surface area contributed by atoms with E-state index in [4.69, 9.17) is 5.73 Å². The third-order valence-electron chi connectivity index (χ3n) is 1.86. The fourth-order valence-electron chi connectivity index (χ4n) is 1.24. The number of methoxy groups -OCH3 is 1. The molecule has 0 aliphatic heterocycles. The molecule has 7 nitrogen and oxygen atoms in total. The van der Waals surface area contributed by atoms with E-state index in [1.165, 1.54) is 0 Å². The predicted octanol–water partition coefficient (Wildman–Crippen LogP) is 1.36. The molecule has 100 valence electrons. The number of nitrogens with two attached hydrogens (primary N) is 1. The maximum atomic E-state index is 12.1. The van der Waals surface area contributed by atoms with Crippen LogP contribution in [-0.4, -0.2) is 23.4 Å².